The van der Waals surface area contributed by atoms with Crippen molar-refractivity contribution in [2.75, 3.05) is 0 Å². The Labute approximate surface area is 179 Å². The minimum atomic E-state index is -0.926. The van der Waals surface area contributed by atoms with E-state index in [-0.39, 0.29) is 28.8 Å². The van der Waals surface area contributed by atoms with Crippen molar-refractivity contribution >= 4 is 11.6 Å². The number of allylic oxidation sites excluding steroid dienone is 4. The predicted octanol–water partition coefficient (Wildman–Crippen LogP) is 5.30. The molecule has 3 fully saturated rings. The van der Waals surface area contributed by atoms with Crippen molar-refractivity contribution in [3.63, 3.8) is 0 Å². The molecule has 0 aromatic heterocycles. The number of ketones is 2. The second-order valence-corrected chi connectivity index (χ2v) is 10.6. The van der Waals surface area contributed by atoms with Crippen LogP contribution in [-0.4, -0.2) is 22.3 Å². The number of fused-ring (bicyclic) bond motifs is 5. The van der Waals surface area contributed by atoms with Gasteiger partial charge in [0.2, 0.25) is 0 Å². The molecule has 0 radical (unpaired) electrons. The van der Waals surface area contributed by atoms with Crippen molar-refractivity contribution in [2.45, 2.75) is 64.4 Å². The van der Waals surface area contributed by atoms with Crippen LogP contribution >= 0.6 is 0 Å². The molecule has 3 heteroatoms. The topological polar surface area (TPSA) is 54.4 Å². The number of aliphatic hydroxyl groups is 1. The van der Waals surface area contributed by atoms with Crippen LogP contribution in [0.15, 0.2) is 54.1 Å². The van der Waals surface area contributed by atoms with Gasteiger partial charge in [0.1, 0.15) is 0 Å². The minimum Gasteiger partial charge on any atom is -0.389 e. The van der Waals surface area contributed by atoms with E-state index < -0.39 is 5.60 Å². The molecule has 1 aromatic carbocycles. The lowest BCUT2D eigenvalue weighted by atomic mass is 9.47. The zero-order valence-electron chi connectivity index (χ0n) is 18.1. The molecule has 3 nitrogen and oxygen atoms in total. The fraction of sp³-hybridized carbons (Fsp3) is 0.556. The van der Waals surface area contributed by atoms with Crippen LogP contribution < -0.4 is 0 Å². The van der Waals surface area contributed by atoms with E-state index in [9.17, 15) is 14.7 Å². The average Bonchev–Trinajstić information content (AvgIpc) is 3.00. The van der Waals surface area contributed by atoms with Gasteiger partial charge in [0.25, 0.3) is 0 Å². The van der Waals surface area contributed by atoms with Crippen LogP contribution in [0.1, 0.15) is 69.2 Å². The predicted molar refractivity (Wildman–Crippen MR) is 117 cm³/mol. The molecule has 0 spiro atoms. The molecule has 158 valence electrons. The highest BCUT2D eigenvalue weighted by molar-refractivity contribution is 6.01. The molecule has 1 N–H and O–H groups in total. The summed E-state index contributed by atoms with van der Waals surface area (Å²) in [4.78, 5) is 24.9. The zero-order valence-corrected chi connectivity index (χ0v) is 18.1. The lowest BCUT2D eigenvalue weighted by Crippen LogP contribution is -2.54. The summed E-state index contributed by atoms with van der Waals surface area (Å²) in [5, 5.41) is 11.8. The molecule has 0 heterocycles. The number of rotatable bonds is 3. The molecule has 6 atom stereocenters. The highest BCUT2D eigenvalue weighted by atomic mass is 16.3. The summed E-state index contributed by atoms with van der Waals surface area (Å²) in [5.74, 6) is 1.68. The summed E-state index contributed by atoms with van der Waals surface area (Å²) < 4.78 is 0. The van der Waals surface area contributed by atoms with Gasteiger partial charge in [-0.1, -0.05) is 55.8 Å². The third kappa shape index (κ3) is 2.74. The molecule has 4 aliphatic carbocycles. The van der Waals surface area contributed by atoms with Crippen molar-refractivity contribution < 1.29 is 14.7 Å². The van der Waals surface area contributed by atoms with Crippen molar-refractivity contribution in [1.29, 1.82) is 0 Å². The van der Waals surface area contributed by atoms with Crippen molar-refractivity contribution in [3.05, 3.63) is 59.7 Å². The first-order valence-electron chi connectivity index (χ1n) is 11.5. The average molecular weight is 405 g/mol. The summed E-state index contributed by atoms with van der Waals surface area (Å²) in [6.07, 6.45) is 11.8. The lowest BCUT2D eigenvalue weighted by molar-refractivity contribution is -0.120. The van der Waals surface area contributed by atoms with Crippen LogP contribution in [0.25, 0.3) is 0 Å². The van der Waals surface area contributed by atoms with E-state index >= 15 is 0 Å². The summed E-state index contributed by atoms with van der Waals surface area (Å²) in [5.41, 5.74) is 0.824. The fourth-order valence-corrected chi connectivity index (χ4v) is 7.59. The lowest BCUT2D eigenvalue weighted by Gasteiger charge is -2.58. The first-order chi connectivity index (χ1) is 14.3. The SMILES string of the molecule is C[C@]12C=CC(=O)C=C1CC[C@@H]1[C@@H]2CC[C@@]2(C)[C@H]1CC[C@]2(O)CC(=O)c1ccccc1. The molecule has 0 aliphatic heterocycles. The van der Waals surface area contributed by atoms with Crippen LogP contribution in [0.2, 0.25) is 0 Å². The first kappa shape index (κ1) is 19.9. The van der Waals surface area contributed by atoms with Crippen LogP contribution in [0, 0.1) is 28.6 Å². The van der Waals surface area contributed by atoms with Crippen LogP contribution in [0.5, 0.6) is 0 Å². The second kappa shape index (κ2) is 6.75. The third-order valence-corrected chi connectivity index (χ3v) is 9.43. The smallest absolute Gasteiger partial charge is 0.178 e. The molecule has 0 amide bonds. The molecule has 0 unspecified atom stereocenters. The second-order valence-electron chi connectivity index (χ2n) is 10.6. The van der Waals surface area contributed by atoms with Gasteiger partial charge in [-0.05, 0) is 73.8 Å². The number of hydrogen-bond acceptors (Lipinski definition) is 3. The maximum absolute atomic E-state index is 13.0. The zero-order chi connectivity index (χ0) is 21.1. The van der Waals surface area contributed by atoms with Gasteiger partial charge >= 0.3 is 0 Å². The molecular weight excluding hydrogens is 372 g/mol. The van der Waals surface area contributed by atoms with Gasteiger partial charge in [0.05, 0.1) is 5.60 Å². The standard InChI is InChI=1S/C27H32O3/c1-25-13-10-20(28)16-19(25)8-9-21-22(25)11-14-26(2)23(21)12-15-27(26,30)17-24(29)18-6-4-3-5-7-18/h3-7,10,13,16,21-23,30H,8-9,11-12,14-15,17H2,1-2H3/t21-,22+,23+,25+,26+,27+/m1/s1. The minimum absolute atomic E-state index is 0.0290. The summed E-state index contributed by atoms with van der Waals surface area (Å²) in [6.45, 7) is 4.55. The Bertz CT molecular complexity index is 944. The van der Waals surface area contributed by atoms with E-state index in [0.717, 1.165) is 32.1 Å². The summed E-state index contributed by atoms with van der Waals surface area (Å²) in [6, 6.07) is 9.39. The van der Waals surface area contributed by atoms with Crippen molar-refractivity contribution in [2.24, 2.45) is 28.6 Å². The van der Waals surface area contributed by atoms with Gasteiger partial charge in [0.15, 0.2) is 11.6 Å². The Hall–Kier alpha value is -2.00. The van der Waals surface area contributed by atoms with Crippen molar-refractivity contribution in [1.82, 2.24) is 0 Å². The van der Waals surface area contributed by atoms with Crippen LogP contribution in [0.3, 0.4) is 0 Å². The van der Waals surface area contributed by atoms with E-state index in [1.54, 1.807) is 6.08 Å². The van der Waals surface area contributed by atoms with Crippen LogP contribution in [-0.2, 0) is 4.79 Å². The third-order valence-electron chi connectivity index (χ3n) is 9.43. The molecule has 3 saturated carbocycles. The van der Waals surface area contributed by atoms with Crippen molar-refractivity contribution in [3.8, 4) is 0 Å². The molecule has 4 aliphatic rings. The fourth-order valence-electron chi connectivity index (χ4n) is 7.59. The Morgan fingerprint density at radius 3 is 2.57 bits per heavy atom. The molecule has 1 aromatic rings. The molecule has 5 rings (SSSR count). The highest BCUT2D eigenvalue weighted by Gasteiger charge is 2.63. The molecule has 30 heavy (non-hydrogen) atoms. The van der Waals surface area contributed by atoms with E-state index in [4.69, 9.17) is 0 Å². The number of Topliss-reactive ketones (excluding diaryl/α,β-unsaturated/α-hetero) is 1. The maximum atomic E-state index is 13.0. The van der Waals surface area contributed by atoms with E-state index in [1.165, 1.54) is 5.57 Å². The molecule has 0 saturated heterocycles. The number of hydrogen-bond donors (Lipinski definition) is 1. The normalized spacial score (nSPS) is 42.2. The van der Waals surface area contributed by atoms with E-state index in [1.807, 2.05) is 36.4 Å². The van der Waals surface area contributed by atoms with Gasteiger partial charge in [-0.25, -0.2) is 0 Å². The number of benzene rings is 1. The van der Waals surface area contributed by atoms with Crippen LogP contribution in [0.4, 0.5) is 0 Å². The van der Waals surface area contributed by atoms with Gasteiger partial charge in [0, 0.05) is 17.4 Å². The van der Waals surface area contributed by atoms with Gasteiger partial charge in [-0.15, -0.1) is 0 Å². The largest absolute Gasteiger partial charge is 0.389 e. The quantitative estimate of drug-likeness (QED) is 0.696. The van der Waals surface area contributed by atoms with E-state index in [0.29, 0.717) is 29.7 Å². The summed E-state index contributed by atoms with van der Waals surface area (Å²) in [7, 11) is 0. The highest BCUT2D eigenvalue weighted by Crippen LogP contribution is 2.67. The number of carbonyl (C=O) groups excluding carboxylic acids is 2. The number of carbonyl (C=O) groups is 2. The molecule has 0 bridgehead atoms. The Morgan fingerprint density at radius 2 is 1.80 bits per heavy atom. The van der Waals surface area contributed by atoms with Gasteiger partial charge in [-0.3, -0.25) is 9.59 Å². The Balaban J connectivity index is 1.42. The maximum Gasteiger partial charge on any atom is 0.178 e. The monoisotopic (exact) mass is 404 g/mol. The summed E-state index contributed by atoms with van der Waals surface area (Å²) >= 11 is 0. The molecular formula is C27H32O3. The first-order valence-corrected chi connectivity index (χ1v) is 11.5. The van der Waals surface area contributed by atoms with Gasteiger partial charge in [-0.2, -0.15) is 0 Å². The van der Waals surface area contributed by atoms with Gasteiger partial charge < -0.3 is 5.11 Å². The Morgan fingerprint density at radius 1 is 1.07 bits per heavy atom. The Kier molecular flexibility index (Phi) is 4.49. The van der Waals surface area contributed by atoms with E-state index in [2.05, 4.69) is 19.9 Å².